The topological polar surface area (TPSA) is 111 Å². The van der Waals surface area contributed by atoms with Gasteiger partial charge in [0.25, 0.3) is 0 Å². The highest BCUT2D eigenvalue weighted by atomic mass is 32.2. The van der Waals surface area contributed by atoms with Crippen molar-refractivity contribution in [2.45, 2.75) is 144 Å². The van der Waals surface area contributed by atoms with Gasteiger partial charge in [0.1, 0.15) is 49.4 Å². The van der Waals surface area contributed by atoms with Gasteiger partial charge in [-0.15, -0.1) is 0 Å². The monoisotopic (exact) mass is 1120 g/mol. The van der Waals surface area contributed by atoms with E-state index in [1.54, 1.807) is 47.0 Å². The van der Waals surface area contributed by atoms with Crippen LogP contribution in [0.1, 0.15) is 105 Å². The molecule has 3 aliphatic heterocycles. The van der Waals surface area contributed by atoms with Crippen molar-refractivity contribution < 1.29 is 56.8 Å². The van der Waals surface area contributed by atoms with Crippen molar-refractivity contribution in [3.63, 3.8) is 0 Å². The quantitative estimate of drug-likeness (QED) is 0.147. The molecule has 0 spiro atoms. The molecule has 12 nitrogen and oxygen atoms in total. The minimum absolute atomic E-state index is 0.225. The zero-order valence-corrected chi connectivity index (χ0v) is 50.6. The summed E-state index contributed by atoms with van der Waals surface area (Å²) in [6, 6.07) is 18.4. The molecule has 0 saturated carbocycles. The molecule has 7 rings (SSSR count). The summed E-state index contributed by atoms with van der Waals surface area (Å²) in [4.78, 5) is 7.68. The Labute approximate surface area is 471 Å². The van der Waals surface area contributed by atoms with Gasteiger partial charge >= 0.3 is 0 Å². The molecule has 0 fully saturated rings. The van der Waals surface area contributed by atoms with E-state index in [-0.39, 0.29) is 21.7 Å². The first-order valence-corrected chi connectivity index (χ1v) is 30.1. The third-order valence-corrected chi connectivity index (χ3v) is 16.7. The van der Waals surface area contributed by atoms with E-state index in [9.17, 15) is 0 Å². The predicted molar refractivity (Wildman–Crippen MR) is 306 cm³/mol. The molecular formula is C60H84O12S4. The number of rotatable bonds is 0. The van der Waals surface area contributed by atoms with Gasteiger partial charge in [-0.05, 0) is 92.4 Å². The molecule has 16 heteroatoms. The summed E-state index contributed by atoms with van der Waals surface area (Å²) in [7, 11) is 0. The largest absolute Gasteiger partial charge is 0.489 e. The lowest BCUT2D eigenvalue weighted by Gasteiger charge is -2.28. The molecule has 0 radical (unpaired) electrons. The fourth-order valence-electron chi connectivity index (χ4n) is 8.02. The Hall–Kier alpha value is -2.84. The number of hydrogen-bond donors (Lipinski definition) is 0. The van der Waals surface area contributed by atoms with Gasteiger partial charge in [-0.2, -0.15) is 0 Å². The zero-order chi connectivity index (χ0) is 54.4. The second-order valence-corrected chi connectivity index (χ2v) is 27.2. The van der Waals surface area contributed by atoms with Crippen molar-refractivity contribution in [3.8, 4) is 23.0 Å². The van der Waals surface area contributed by atoms with Crippen LogP contribution in [0.4, 0.5) is 0 Å². The van der Waals surface area contributed by atoms with Crippen LogP contribution in [0.3, 0.4) is 0 Å². The summed E-state index contributed by atoms with van der Waals surface area (Å²) in [5, 5.41) is 0. The molecule has 420 valence electrons. The summed E-state index contributed by atoms with van der Waals surface area (Å²) in [5.41, 5.74) is 3.77. The predicted octanol–water partition coefficient (Wildman–Crippen LogP) is 13.5. The average molecular weight is 1130 g/mol. The number of hydrogen-bond acceptors (Lipinski definition) is 16. The Balaban J connectivity index is 1.56. The second-order valence-electron chi connectivity index (χ2n) is 22.9. The Morgan fingerprint density at radius 2 is 0.355 bits per heavy atom. The Bertz CT molecular complexity index is 2050. The highest BCUT2D eigenvalue weighted by Crippen LogP contribution is 2.56. The van der Waals surface area contributed by atoms with Crippen LogP contribution in [0, 0.1) is 0 Å². The SMILES string of the molecule is CC(C)(C)c1cc2c3c(c1)Sc1cc(C(C)(C)C)cc4c1OCCOCCOCCOCCOCCOc1c(cc(C(C)(C)C)cc1Sc1cc(C(C)(C)C)cc(c1OCCOCCOCCOCCOCCO3)S4)S2. The van der Waals surface area contributed by atoms with Crippen LogP contribution in [0.15, 0.2) is 87.7 Å². The number of ether oxygens (including phenoxy) is 12. The maximum absolute atomic E-state index is 7.07. The fraction of sp³-hybridized carbons (Fsp3) is 0.600. The molecule has 0 aliphatic carbocycles. The van der Waals surface area contributed by atoms with Crippen molar-refractivity contribution in [3.05, 3.63) is 70.8 Å². The molecule has 0 atom stereocenters. The maximum atomic E-state index is 7.07. The van der Waals surface area contributed by atoms with Crippen LogP contribution >= 0.6 is 47.0 Å². The Kier molecular flexibility index (Phi) is 22.8. The molecule has 4 aromatic rings. The normalized spacial score (nSPS) is 18.6. The van der Waals surface area contributed by atoms with E-state index in [1.807, 2.05) is 0 Å². The standard InChI is InChI=1S/C60H84O12S4/c1-57(2,3)41-33-45-53-46(34-41)74-48-36-43(59(7,8)9)38-50-55(48)71-31-27-67-23-19-63-16-15-62-18-22-66-26-30-70-54-47(73-45)35-42(58(4,5)6)37-49(54)75-51-39-44(60(10,11)12)40-52(76-50)56(51)72-32-28-68-24-20-64-14-13-61-17-21-65-25-29-69-53/h33-40H,13-32H2,1-12H3. The van der Waals surface area contributed by atoms with E-state index >= 15 is 0 Å². The number of benzene rings is 4. The highest BCUT2D eigenvalue weighted by molar-refractivity contribution is 8.01. The van der Waals surface area contributed by atoms with Crippen molar-refractivity contribution >= 4 is 47.0 Å². The van der Waals surface area contributed by atoms with Gasteiger partial charge in [-0.1, -0.05) is 130 Å². The van der Waals surface area contributed by atoms with Crippen molar-refractivity contribution in [1.82, 2.24) is 0 Å². The van der Waals surface area contributed by atoms with Crippen molar-refractivity contribution in [2.24, 2.45) is 0 Å². The maximum Gasteiger partial charge on any atom is 0.147 e. The van der Waals surface area contributed by atoms with Crippen LogP contribution in [0.5, 0.6) is 23.0 Å². The first-order chi connectivity index (χ1) is 36.3. The van der Waals surface area contributed by atoms with Gasteiger partial charge in [0, 0.05) is 0 Å². The lowest BCUT2D eigenvalue weighted by molar-refractivity contribution is -0.00726. The highest BCUT2D eigenvalue weighted by Gasteiger charge is 2.31. The van der Waals surface area contributed by atoms with Crippen molar-refractivity contribution in [1.29, 1.82) is 0 Å². The molecule has 0 N–H and O–H groups in total. The van der Waals surface area contributed by atoms with Crippen molar-refractivity contribution in [2.75, 3.05) is 132 Å². The van der Waals surface area contributed by atoms with E-state index in [2.05, 4.69) is 132 Å². The minimum atomic E-state index is -0.225. The average Bonchev–Trinajstić information content (AvgIpc) is 3.33. The van der Waals surface area contributed by atoms with Crippen LogP contribution in [-0.4, -0.2) is 132 Å². The van der Waals surface area contributed by atoms with Crippen LogP contribution < -0.4 is 18.9 Å². The molecule has 0 unspecified atom stereocenters. The van der Waals surface area contributed by atoms with Crippen LogP contribution in [0.25, 0.3) is 0 Å². The van der Waals surface area contributed by atoms with Crippen LogP contribution in [-0.2, 0) is 59.6 Å². The van der Waals surface area contributed by atoms with Gasteiger partial charge in [-0.3, -0.25) is 0 Å². The van der Waals surface area contributed by atoms with Gasteiger partial charge in [0.2, 0.25) is 0 Å². The molecule has 0 amide bonds. The minimum Gasteiger partial charge on any atom is -0.489 e. The summed E-state index contributed by atoms with van der Waals surface area (Å²) in [6.07, 6.45) is 0. The third kappa shape index (κ3) is 18.1. The van der Waals surface area contributed by atoms with Gasteiger partial charge in [-0.25, -0.2) is 0 Å². The summed E-state index contributed by atoms with van der Waals surface area (Å²) in [6.45, 7) is 35.2. The Morgan fingerprint density at radius 3 is 0.487 bits per heavy atom. The van der Waals surface area contributed by atoms with E-state index in [0.29, 0.717) is 132 Å². The van der Waals surface area contributed by atoms with Gasteiger partial charge in [0.15, 0.2) is 0 Å². The molecule has 12 bridgehead atoms. The lowest BCUT2D eigenvalue weighted by Crippen LogP contribution is -2.15. The molecule has 76 heavy (non-hydrogen) atoms. The Morgan fingerprint density at radius 1 is 0.224 bits per heavy atom. The molecular weight excluding hydrogens is 1040 g/mol. The second kappa shape index (κ2) is 28.5. The molecule has 3 heterocycles. The third-order valence-electron chi connectivity index (χ3n) is 12.6. The summed E-state index contributed by atoms with van der Waals surface area (Å²) < 4.78 is 76.2. The molecule has 0 saturated heterocycles. The van der Waals surface area contributed by atoms with Gasteiger partial charge in [0.05, 0.1) is 145 Å². The smallest absolute Gasteiger partial charge is 0.147 e. The van der Waals surface area contributed by atoms with E-state index in [4.69, 9.17) is 56.8 Å². The molecule has 3 aliphatic rings. The molecule has 0 aromatic heterocycles. The zero-order valence-electron chi connectivity index (χ0n) is 47.3. The van der Waals surface area contributed by atoms with E-state index < -0.39 is 0 Å². The first-order valence-electron chi connectivity index (χ1n) is 26.8. The summed E-state index contributed by atoms with van der Waals surface area (Å²) in [5.74, 6) is 3.04. The fourth-order valence-corrected chi connectivity index (χ4v) is 12.8. The van der Waals surface area contributed by atoms with E-state index in [1.165, 1.54) is 22.3 Å². The van der Waals surface area contributed by atoms with Crippen LogP contribution in [0.2, 0.25) is 0 Å². The molecule has 4 aromatic carbocycles. The lowest BCUT2D eigenvalue weighted by atomic mass is 9.87. The van der Waals surface area contributed by atoms with Gasteiger partial charge < -0.3 is 56.8 Å². The first kappa shape index (κ1) is 60.8. The van der Waals surface area contributed by atoms with E-state index in [0.717, 1.165) is 62.2 Å². The summed E-state index contributed by atoms with van der Waals surface area (Å²) >= 11 is 6.69.